The molecule has 0 radical (unpaired) electrons. The van der Waals surface area contributed by atoms with Crippen LogP contribution in [0.3, 0.4) is 0 Å². The van der Waals surface area contributed by atoms with E-state index in [1.807, 2.05) is 30.5 Å². The third kappa shape index (κ3) is 1.94. The summed E-state index contributed by atoms with van der Waals surface area (Å²) >= 11 is 0. The Balaban J connectivity index is 1.84. The van der Waals surface area contributed by atoms with Crippen LogP contribution in [-0.2, 0) is 6.54 Å². The van der Waals surface area contributed by atoms with Crippen molar-refractivity contribution in [2.24, 2.45) is 0 Å². The standard InChI is InChI=1S/C12H11N5/c1-2-5-13-9(3-1)7-15-12-10-4-6-14-11(10)16-8-17-12/h1-6,8H,7H2,(H2,14,15,16,17). The van der Waals surface area contributed by atoms with E-state index in [2.05, 4.69) is 25.3 Å². The van der Waals surface area contributed by atoms with Gasteiger partial charge in [0.15, 0.2) is 0 Å². The van der Waals surface area contributed by atoms with Crippen molar-refractivity contribution in [1.29, 1.82) is 0 Å². The van der Waals surface area contributed by atoms with Crippen molar-refractivity contribution in [2.75, 3.05) is 5.32 Å². The number of pyridine rings is 1. The zero-order chi connectivity index (χ0) is 11.5. The molecule has 3 heterocycles. The van der Waals surface area contributed by atoms with Crippen LogP contribution in [0, 0.1) is 0 Å². The number of nitrogens with one attached hydrogen (secondary N) is 2. The summed E-state index contributed by atoms with van der Waals surface area (Å²) in [7, 11) is 0. The van der Waals surface area contributed by atoms with Gasteiger partial charge in [0.25, 0.3) is 0 Å². The van der Waals surface area contributed by atoms with Crippen molar-refractivity contribution < 1.29 is 0 Å². The molecule has 5 heteroatoms. The van der Waals surface area contributed by atoms with Gasteiger partial charge in [0.2, 0.25) is 0 Å². The Kier molecular flexibility index (Phi) is 2.42. The third-order valence-electron chi connectivity index (χ3n) is 2.52. The van der Waals surface area contributed by atoms with Gasteiger partial charge < -0.3 is 10.3 Å². The highest BCUT2D eigenvalue weighted by atomic mass is 15.0. The maximum Gasteiger partial charge on any atom is 0.142 e. The highest BCUT2D eigenvalue weighted by Crippen LogP contribution is 2.17. The van der Waals surface area contributed by atoms with Gasteiger partial charge in [0, 0.05) is 12.4 Å². The van der Waals surface area contributed by atoms with E-state index in [9.17, 15) is 0 Å². The minimum atomic E-state index is 0.651. The van der Waals surface area contributed by atoms with E-state index in [1.54, 1.807) is 12.5 Å². The minimum Gasteiger partial charge on any atom is -0.364 e. The van der Waals surface area contributed by atoms with Crippen molar-refractivity contribution in [2.45, 2.75) is 6.54 Å². The Morgan fingerprint density at radius 3 is 3.00 bits per heavy atom. The largest absolute Gasteiger partial charge is 0.364 e. The number of nitrogens with zero attached hydrogens (tertiary/aromatic N) is 3. The lowest BCUT2D eigenvalue weighted by Crippen LogP contribution is -2.03. The second kappa shape index (κ2) is 4.21. The van der Waals surface area contributed by atoms with E-state index >= 15 is 0 Å². The Morgan fingerprint density at radius 2 is 2.12 bits per heavy atom. The summed E-state index contributed by atoms with van der Waals surface area (Å²) in [6.45, 7) is 0.651. The van der Waals surface area contributed by atoms with Gasteiger partial charge in [-0.3, -0.25) is 4.98 Å². The number of fused-ring (bicyclic) bond motifs is 1. The molecule has 0 aliphatic rings. The normalized spacial score (nSPS) is 10.6. The van der Waals surface area contributed by atoms with E-state index in [4.69, 9.17) is 0 Å². The topological polar surface area (TPSA) is 66.5 Å². The fraction of sp³-hybridized carbons (Fsp3) is 0.0833. The van der Waals surface area contributed by atoms with Crippen LogP contribution in [0.1, 0.15) is 5.69 Å². The van der Waals surface area contributed by atoms with E-state index in [1.165, 1.54) is 0 Å². The van der Waals surface area contributed by atoms with Crippen LogP contribution in [0.5, 0.6) is 0 Å². The average Bonchev–Trinajstić information content (AvgIpc) is 2.86. The maximum atomic E-state index is 4.25. The molecule has 2 N–H and O–H groups in total. The number of hydrogen-bond acceptors (Lipinski definition) is 4. The van der Waals surface area contributed by atoms with E-state index in [0.717, 1.165) is 22.5 Å². The predicted molar refractivity (Wildman–Crippen MR) is 65.5 cm³/mol. The lowest BCUT2D eigenvalue weighted by atomic mass is 10.3. The highest BCUT2D eigenvalue weighted by Gasteiger charge is 2.03. The summed E-state index contributed by atoms with van der Waals surface area (Å²) in [4.78, 5) is 15.7. The molecule has 5 nitrogen and oxygen atoms in total. The molecule has 0 saturated carbocycles. The Labute approximate surface area is 98.0 Å². The lowest BCUT2D eigenvalue weighted by Gasteiger charge is -2.05. The molecule has 3 rings (SSSR count). The van der Waals surface area contributed by atoms with Gasteiger partial charge in [0.05, 0.1) is 17.6 Å². The first-order chi connectivity index (χ1) is 8.43. The van der Waals surface area contributed by atoms with Crippen molar-refractivity contribution in [1.82, 2.24) is 19.9 Å². The zero-order valence-electron chi connectivity index (χ0n) is 9.09. The number of hydrogen-bond donors (Lipinski definition) is 2. The van der Waals surface area contributed by atoms with E-state index in [0.29, 0.717) is 6.54 Å². The van der Waals surface area contributed by atoms with Crippen LogP contribution < -0.4 is 5.32 Å². The summed E-state index contributed by atoms with van der Waals surface area (Å²) in [5, 5.41) is 4.25. The summed E-state index contributed by atoms with van der Waals surface area (Å²) in [5.41, 5.74) is 1.82. The summed E-state index contributed by atoms with van der Waals surface area (Å²) in [6.07, 6.45) is 5.17. The average molecular weight is 225 g/mol. The molecule has 0 atom stereocenters. The highest BCUT2D eigenvalue weighted by molar-refractivity contribution is 5.86. The molecule has 84 valence electrons. The van der Waals surface area contributed by atoms with Crippen LogP contribution >= 0.6 is 0 Å². The Hall–Kier alpha value is -2.43. The van der Waals surface area contributed by atoms with Crippen LogP contribution in [0.15, 0.2) is 43.0 Å². The van der Waals surface area contributed by atoms with Crippen molar-refractivity contribution >= 4 is 16.9 Å². The number of rotatable bonds is 3. The second-order valence-electron chi connectivity index (χ2n) is 3.64. The SMILES string of the molecule is c1ccc(CNc2ncnc3[nH]ccc23)nc1. The first kappa shape index (κ1) is 9.77. The molecule has 0 aromatic carbocycles. The fourth-order valence-electron chi connectivity index (χ4n) is 1.69. The molecule has 3 aromatic rings. The molecule has 0 spiro atoms. The molecule has 0 bridgehead atoms. The Morgan fingerprint density at radius 1 is 1.12 bits per heavy atom. The lowest BCUT2D eigenvalue weighted by molar-refractivity contribution is 1.03. The predicted octanol–water partition coefficient (Wildman–Crippen LogP) is 1.96. The number of aromatic nitrogens is 4. The summed E-state index contributed by atoms with van der Waals surface area (Å²) in [5.74, 6) is 0.821. The number of anilines is 1. The maximum absolute atomic E-state index is 4.25. The van der Waals surface area contributed by atoms with E-state index in [-0.39, 0.29) is 0 Å². The first-order valence-electron chi connectivity index (χ1n) is 5.35. The first-order valence-corrected chi connectivity index (χ1v) is 5.35. The third-order valence-corrected chi connectivity index (χ3v) is 2.52. The van der Waals surface area contributed by atoms with Crippen molar-refractivity contribution in [3.8, 4) is 0 Å². The van der Waals surface area contributed by atoms with Crippen LogP contribution in [0.2, 0.25) is 0 Å². The van der Waals surface area contributed by atoms with Crippen LogP contribution in [-0.4, -0.2) is 19.9 Å². The molecule has 0 saturated heterocycles. The monoisotopic (exact) mass is 225 g/mol. The van der Waals surface area contributed by atoms with Crippen LogP contribution in [0.25, 0.3) is 11.0 Å². The molecular weight excluding hydrogens is 214 g/mol. The second-order valence-corrected chi connectivity index (χ2v) is 3.64. The zero-order valence-corrected chi connectivity index (χ0v) is 9.09. The molecular formula is C12H11N5. The molecule has 0 aliphatic carbocycles. The van der Waals surface area contributed by atoms with Gasteiger partial charge in [-0.05, 0) is 18.2 Å². The smallest absolute Gasteiger partial charge is 0.142 e. The molecule has 17 heavy (non-hydrogen) atoms. The van der Waals surface area contributed by atoms with Gasteiger partial charge in [-0.2, -0.15) is 0 Å². The quantitative estimate of drug-likeness (QED) is 0.715. The molecule has 0 aliphatic heterocycles. The minimum absolute atomic E-state index is 0.651. The molecule has 0 fully saturated rings. The van der Waals surface area contributed by atoms with Crippen molar-refractivity contribution in [3.63, 3.8) is 0 Å². The van der Waals surface area contributed by atoms with Crippen molar-refractivity contribution in [3.05, 3.63) is 48.7 Å². The van der Waals surface area contributed by atoms with Gasteiger partial charge in [-0.1, -0.05) is 6.07 Å². The van der Waals surface area contributed by atoms with Gasteiger partial charge in [-0.25, -0.2) is 9.97 Å². The van der Waals surface area contributed by atoms with E-state index < -0.39 is 0 Å². The van der Waals surface area contributed by atoms with Gasteiger partial charge in [-0.15, -0.1) is 0 Å². The van der Waals surface area contributed by atoms with Crippen LogP contribution in [0.4, 0.5) is 5.82 Å². The summed E-state index contributed by atoms with van der Waals surface area (Å²) < 4.78 is 0. The summed E-state index contributed by atoms with van der Waals surface area (Å²) in [6, 6.07) is 7.80. The number of H-pyrrole nitrogens is 1. The molecule has 0 unspecified atom stereocenters. The number of aromatic amines is 1. The molecule has 0 amide bonds. The fourth-order valence-corrected chi connectivity index (χ4v) is 1.69. The van der Waals surface area contributed by atoms with Gasteiger partial charge >= 0.3 is 0 Å². The molecule has 3 aromatic heterocycles. The Bertz CT molecular complexity index is 617. The van der Waals surface area contributed by atoms with Gasteiger partial charge in [0.1, 0.15) is 17.8 Å².